The first-order valence-electron chi connectivity index (χ1n) is 8.95. The summed E-state index contributed by atoms with van der Waals surface area (Å²) in [4.78, 5) is 13.2. The molecule has 8 heteroatoms. The Bertz CT molecular complexity index is 788. The van der Waals surface area contributed by atoms with Crippen molar-refractivity contribution in [3.05, 3.63) is 42.7 Å². The summed E-state index contributed by atoms with van der Waals surface area (Å²) < 4.78 is 26.4. The van der Waals surface area contributed by atoms with Crippen LogP contribution in [0.25, 0.3) is 0 Å². The van der Waals surface area contributed by atoms with E-state index in [0.717, 1.165) is 44.1 Å². The van der Waals surface area contributed by atoms with E-state index in [0.29, 0.717) is 12.2 Å². The van der Waals surface area contributed by atoms with E-state index >= 15 is 0 Å². The molecule has 0 spiro atoms. The van der Waals surface area contributed by atoms with Crippen LogP contribution in [0.15, 0.2) is 42.7 Å². The first-order chi connectivity index (χ1) is 12.6. The van der Waals surface area contributed by atoms with Crippen LogP contribution in [0.5, 0.6) is 0 Å². The molecule has 1 N–H and O–H groups in total. The van der Waals surface area contributed by atoms with Crippen molar-refractivity contribution in [2.24, 2.45) is 0 Å². The van der Waals surface area contributed by atoms with Gasteiger partial charge in [0, 0.05) is 32.4 Å². The zero-order valence-electron chi connectivity index (χ0n) is 15.0. The number of rotatable bonds is 7. The zero-order valence-corrected chi connectivity index (χ0v) is 15.8. The van der Waals surface area contributed by atoms with Gasteiger partial charge < -0.3 is 9.80 Å². The molecule has 1 saturated heterocycles. The van der Waals surface area contributed by atoms with E-state index in [9.17, 15) is 8.42 Å². The number of aromatic nitrogens is 2. The SMILES string of the molecule is CCCCS(=O)(=O)Nc1ccc(N2CCN(c3ccccn3)CC2)cn1. The lowest BCUT2D eigenvalue weighted by Gasteiger charge is -2.36. The van der Waals surface area contributed by atoms with Gasteiger partial charge in [-0.25, -0.2) is 18.4 Å². The second kappa shape index (κ2) is 8.35. The van der Waals surface area contributed by atoms with Crippen LogP contribution in [0.3, 0.4) is 0 Å². The summed E-state index contributed by atoms with van der Waals surface area (Å²) in [7, 11) is -3.31. The van der Waals surface area contributed by atoms with Crippen molar-refractivity contribution in [2.75, 3.05) is 46.5 Å². The molecule has 3 rings (SSSR count). The molecular weight excluding hydrogens is 350 g/mol. The summed E-state index contributed by atoms with van der Waals surface area (Å²) in [5, 5.41) is 0. The van der Waals surface area contributed by atoms with E-state index in [2.05, 4.69) is 24.5 Å². The van der Waals surface area contributed by atoms with Crippen LogP contribution in [0.2, 0.25) is 0 Å². The Hall–Kier alpha value is -2.35. The van der Waals surface area contributed by atoms with Crippen LogP contribution >= 0.6 is 0 Å². The standard InChI is InChI=1S/C18H25N5O2S/c1-2-3-14-26(24,25)21-17-8-7-16(15-20-17)22-10-12-23(13-11-22)18-6-4-5-9-19-18/h4-9,15H,2-3,10-14H2,1H3,(H,20,21). The summed E-state index contributed by atoms with van der Waals surface area (Å²) in [6.07, 6.45) is 5.03. The van der Waals surface area contributed by atoms with Crippen LogP contribution in [0, 0.1) is 0 Å². The molecule has 7 nitrogen and oxygen atoms in total. The Morgan fingerprint density at radius 3 is 2.42 bits per heavy atom. The van der Waals surface area contributed by atoms with Gasteiger partial charge in [0.2, 0.25) is 10.0 Å². The molecular formula is C18H25N5O2S. The second-order valence-electron chi connectivity index (χ2n) is 6.34. The molecule has 2 aromatic rings. The number of unbranched alkanes of at least 4 members (excludes halogenated alkanes) is 1. The Morgan fingerprint density at radius 1 is 1.04 bits per heavy atom. The van der Waals surface area contributed by atoms with E-state index in [1.807, 2.05) is 37.4 Å². The summed E-state index contributed by atoms with van der Waals surface area (Å²) in [5.74, 6) is 1.50. The molecule has 1 aliphatic heterocycles. The first kappa shape index (κ1) is 18.4. The number of nitrogens with one attached hydrogen (secondary N) is 1. The van der Waals surface area contributed by atoms with Crippen molar-refractivity contribution in [2.45, 2.75) is 19.8 Å². The molecule has 1 fully saturated rings. The maximum Gasteiger partial charge on any atom is 0.233 e. The van der Waals surface area contributed by atoms with Gasteiger partial charge in [0.15, 0.2) is 0 Å². The molecule has 2 aromatic heterocycles. The minimum atomic E-state index is -3.31. The molecule has 0 radical (unpaired) electrons. The summed E-state index contributed by atoms with van der Waals surface area (Å²) in [6, 6.07) is 9.59. The fraction of sp³-hybridized carbons (Fsp3) is 0.444. The average Bonchev–Trinajstić information content (AvgIpc) is 2.68. The predicted molar refractivity (Wildman–Crippen MR) is 105 cm³/mol. The Balaban J connectivity index is 1.56. The highest BCUT2D eigenvalue weighted by Gasteiger charge is 2.18. The third-order valence-electron chi connectivity index (χ3n) is 4.39. The van der Waals surface area contributed by atoms with Gasteiger partial charge >= 0.3 is 0 Å². The highest BCUT2D eigenvalue weighted by atomic mass is 32.2. The third kappa shape index (κ3) is 4.85. The van der Waals surface area contributed by atoms with E-state index in [-0.39, 0.29) is 5.75 Å². The quantitative estimate of drug-likeness (QED) is 0.800. The van der Waals surface area contributed by atoms with Crippen molar-refractivity contribution in [1.29, 1.82) is 0 Å². The van der Waals surface area contributed by atoms with Gasteiger partial charge in [0.05, 0.1) is 17.6 Å². The van der Waals surface area contributed by atoms with Crippen LogP contribution in [-0.2, 0) is 10.0 Å². The lowest BCUT2D eigenvalue weighted by atomic mass is 10.2. The predicted octanol–water partition coefficient (Wildman–Crippen LogP) is 2.35. The maximum atomic E-state index is 11.9. The van der Waals surface area contributed by atoms with E-state index in [1.165, 1.54) is 0 Å². The molecule has 0 aromatic carbocycles. The van der Waals surface area contributed by atoms with E-state index < -0.39 is 10.0 Å². The van der Waals surface area contributed by atoms with Crippen molar-refractivity contribution < 1.29 is 8.42 Å². The van der Waals surface area contributed by atoms with Gasteiger partial charge in [-0.05, 0) is 30.7 Å². The minimum Gasteiger partial charge on any atom is -0.367 e. The smallest absolute Gasteiger partial charge is 0.233 e. The molecule has 0 saturated carbocycles. The van der Waals surface area contributed by atoms with Crippen LogP contribution in [0.4, 0.5) is 17.3 Å². The topological polar surface area (TPSA) is 78.4 Å². The second-order valence-corrected chi connectivity index (χ2v) is 8.18. The molecule has 0 aliphatic carbocycles. The highest BCUT2D eigenvalue weighted by molar-refractivity contribution is 7.92. The van der Waals surface area contributed by atoms with Crippen LogP contribution in [0.1, 0.15) is 19.8 Å². The number of piperazine rings is 1. The fourth-order valence-electron chi connectivity index (χ4n) is 2.91. The highest BCUT2D eigenvalue weighted by Crippen LogP contribution is 2.20. The van der Waals surface area contributed by atoms with Gasteiger partial charge in [0.25, 0.3) is 0 Å². The number of sulfonamides is 1. The molecule has 0 bridgehead atoms. The normalized spacial score (nSPS) is 15.1. The summed E-state index contributed by atoms with van der Waals surface area (Å²) in [6.45, 7) is 5.50. The number of pyridine rings is 2. The van der Waals surface area contributed by atoms with Crippen molar-refractivity contribution in [3.8, 4) is 0 Å². The number of hydrogen-bond donors (Lipinski definition) is 1. The third-order valence-corrected chi connectivity index (χ3v) is 5.74. The zero-order chi connectivity index (χ0) is 18.4. The molecule has 0 amide bonds. The monoisotopic (exact) mass is 375 g/mol. The van der Waals surface area contributed by atoms with Gasteiger partial charge in [-0.15, -0.1) is 0 Å². The van der Waals surface area contributed by atoms with Gasteiger partial charge in [-0.2, -0.15) is 0 Å². The molecule has 0 atom stereocenters. The summed E-state index contributed by atoms with van der Waals surface area (Å²) >= 11 is 0. The lowest BCUT2D eigenvalue weighted by Crippen LogP contribution is -2.46. The number of nitrogens with zero attached hydrogens (tertiary/aromatic N) is 4. The minimum absolute atomic E-state index is 0.127. The molecule has 140 valence electrons. The number of anilines is 3. The van der Waals surface area contributed by atoms with Crippen LogP contribution < -0.4 is 14.5 Å². The van der Waals surface area contributed by atoms with Crippen LogP contribution in [-0.4, -0.2) is 50.3 Å². The van der Waals surface area contributed by atoms with Crippen molar-refractivity contribution >= 4 is 27.3 Å². The van der Waals surface area contributed by atoms with Gasteiger partial charge in [-0.1, -0.05) is 19.4 Å². The van der Waals surface area contributed by atoms with Gasteiger partial charge in [0.1, 0.15) is 11.6 Å². The van der Waals surface area contributed by atoms with Crippen molar-refractivity contribution in [1.82, 2.24) is 9.97 Å². The van der Waals surface area contributed by atoms with Gasteiger partial charge in [-0.3, -0.25) is 4.72 Å². The average molecular weight is 375 g/mol. The maximum absolute atomic E-state index is 11.9. The fourth-order valence-corrected chi connectivity index (χ4v) is 4.12. The summed E-state index contributed by atoms with van der Waals surface area (Å²) in [5.41, 5.74) is 1.00. The Labute approximate surface area is 155 Å². The lowest BCUT2D eigenvalue weighted by molar-refractivity contribution is 0.597. The molecule has 3 heterocycles. The van der Waals surface area contributed by atoms with E-state index in [1.54, 1.807) is 12.3 Å². The Morgan fingerprint density at radius 2 is 1.81 bits per heavy atom. The molecule has 0 unspecified atom stereocenters. The van der Waals surface area contributed by atoms with Crippen molar-refractivity contribution in [3.63, 3.8) is 0 Å². The first-order valence-corrected chi connectivity index (χ1v) is 10.6. The number of hydrogen-bond acceptors (Lipinski definition) is 6. The Kier molecular flexibility index (Phi) is 5.92. The molecule has 26 heavy (non-hydrogen) atoms. The largest absolute Gasteiger partial charge is 0.367 e. The molecule has 1 aliphatic rings. The van der Waals surface area contributed by atoms with E-state index in [4.69, 9.17) is 0 Å².